The Morgan fingerprint density at radius 2 is 1.71 bits per heavy atom. The molecule has 1 atom stereocenters. The Bertz CT molecular complexity index is 900. The van der Waals surface area contributed by atoms with Crippen LogP contribution in [0, 0.1) is 0 Å². The third-order valence-electron chi connectivity index (χ3n) is 4.33. The molecule has 0 aromatic heterocycles. The SMILES string of the molecule is COC1CCN(c2ccc(NS(=O)(=O)c3ccc(OC(F)(F)F)cc3)cc2)C1. The summed E-state index contributed by atoms with van der Waals surface area (Å²) in [5.41, 5.74) is 1.30. The van der Waals surface area contributed by atoms with E-state index in [2.05, 4.69) is 14.4 Å². The van der Waals surface area contributed by atoms with Crippen LogP contribution in [0.2, 0.25) is 0 Å². The summed E-state index contributed by atoms with van der Waals surface area (Å²) in [5.74, 6) is -0.490. The van der Waals surface area contributed by atoms with E-state index in [1.165, 1.54) is 0 Å². The summed E-state index contributed by atoms with van der Waals surface area (Å²) in [5, 5.41) is 0. The predicted octanol–water partition coefficient (Wildman–Crippen LogP) is 3.61. The van der Waals surface area contributed by atoms with Crippen LogP contribution in [0.3, 0.4) is 0 Å². The van der Waals surface area contributed by atoms with E-state index in [1.807, 2.05) is 0 Å². The number of methoxy groups -OCH3 is 1. The van der Waals surface area contributed by atoms with Gasteiger partial charge in [0.1, 0.15) is 5.75 Å². The number of anilines is 2. The molecule has 1 unspecified atom stereocenters. The molecule has 2 aromatic carbocycles. The first-order valence-electron chi connectivity index (χ1n) is 8.43. The molecule has 6 nitrogen and oxygen atoms in total. The number of benzene rings is 2. The molecule has 2 aromatic rings. The first-order chi connectivity index (χ1) is 13.2. The van der Waals surface area contributed by atoms with E-state index in [1.54, 1.807) is 31.4 Å². The highest BCUT2D eigenvalue weighted by Crippen LogP contribution is 2.26. The zero-order chi connectivity index (χ0) is 20.4. The lowest BCUT2D eigenvalue weighted by Crippen LogP contribution is -2.22. The van der Waals surface area contributed by atoms with Crippen LogP contribution in [0.1, 0.15) is 6.42 Å². The van der Waals surface area contributed by atoms with E-state index in [9.17, 15) is 21.6 Å². The Morgan fingerprint density at radius 3 is 2.25 bits per heavy atom. The Labute approximate surface area is 160 Å². The van der Waals surface area contributed by atoms with Crippen molar-refractivity contribution in [3.8, 4) is 5.75 Å². The van der Waals surface area contributed by atoms with Gasteiger partial charge in [-0.15, -0.1) is 13.2 Å². The lowest BCUT2D eigenvalue weighted by Gasteiger charge is -2.19. The lowest BCUT2D eigenvalue weighted by molar-refractivity contribution is -0.274. The van der Waals surface area contributed by atoms with E-state index in [0.717, 1.165) is 49.5 Å². The lowest BCUT2D eigenvalue weighted by atomic mass is 10.2. The molecule has 1 aliphatic heterocycles. The number of hydrogen-bond acceptors (Lipinski definition) is 5. The predicted molar refractivity (Wildman–Crippen MR) is 98.0 cm³/mol. The van der Waals surface area contributed by atoms with Gasteiger partial charge in [0.15, 0.2) is 0 Å². The molecule has 1 saturated heterocycles. The Morgan fingerprint density at radius 1 is 1.07 bits per heavy atom. The van der Waals surface area contributed by atoms with Gasteiger partial charge in [-0.2, -0.15) is 0 Å². The van der Waals surface area contributed by atoms with Crippen molar-refractivity contribution in [2.24, 2.45) is 0 Å². The summed E-state index contributed by atoms with van der Waals surface area (Å²) in [6.07, 6.45) is -3.72. The molecule has 3 rings (SSSR count). The van der Waals surface area contributed by atoms with Crippen LogP contribution in [-0.2, 0) is 14.8 Å². The molecule has 0 saturated carbocycles. The molecule has 152 valence electrons. The second-order valence-corrected chi connectivity index (χ2v) is 7.95. The number of halogens is 3. The van der Waals surface area contributed by atoms with E-state index >= 15 is 0 Å². The van der Waals surface area contributed by atoms with E-state index in [0.29, 0.717) is 5.69 Å². The fourth-order valence-electron chi connectivity index (χ4n) is 2.93. The van der Waals surface area contributed by atoms with Gasteiger partial charge >= 0.3 is 6.36 Å². The minimum atomic E-state index is -4.83. The van der Waals surface area contributed by atoms with Crippen LogP contribution in [0.4, 0.5) is 24.5 Å². The number of alkyl halides is 3. The topological polar surface area (TPSA) is 67.9 Å². The third-order valence-corrected chi connectivity index (χ3v) is 5.73. The van der Waals surface area contributed by atoms with Crippen molar-refractivity contribution in [2.45, 2.75) is 23.8 Å². The fraction of sp³-hybridized carbons (Fsp3) is 0.333. The van der Waals surface area contributed by atoms with Gasteiger partial charge in [-0.3, -0.25) is 4.72 Å². The Hall–Kier alpha value is -2.46. The molecule has 10 heteroatoms. The van der Waals surface area contributed by atoms with Crippen LogP contribution in [0.15, 0.2) is 53.4 Å². The first-order valence-corrected chi connectivity index (χ1v) is 9.91. The van der Waals surface area contributed by atoms with Gasteiger partial charge in [0.25, 0.3) is 10.0 Å². The highest BCUT2D eigenvalue weighted by atomic mass is 32.2. The number of ether oxygens (including phenoxy) is 2. The van der Waals surface area contributed by atoms with E-state index in [4.69, 9.17) is 4.74 Å². The molecule has 1 N–H and O–H groups in total. The van der Waals surface area contributed by atoms with Crippen LogP contribution in [0.25, 0.3) is 0 Å². The average molecular weight is 416 g/mol. The molecule has 1 aliphatic rings. The number of nitrogens with zero attached hydrogens (tertiary/aromatic N) is 1. The second kappa shape index (κ2) is 7.88. The standard InChI is InChI=1S/C18H19F3N2O4S/c1-26-16-10-11-23(12-16)14-4-2-13(3-5-14)22-28(24,25)17-8-6-15(7-9-17)27-18(19,20)21/h2-9,16,22H,10-12H2,1H3. The molecular weight excluding hydrogens is 397 g/mol. The molecule has 1 fully saturated rings. The van der Waals surface area contributed by atoms with E-state index < -0.39 is 22.1 Å². The highest BCUT2D eigenvalue weighted by molar-refractivity contribution is 7.92. The van der Waals surface area contributed by atoms with Crippen molar-refractivity contribution in [2.75, 3.05) is 29.8 Å². The van der Waals surface area contributed by atoms with Gasteiger partial charge in [-0.25, -0.2) is 8.42 Å². The maximum absolute atomic E-state index is 12.4. The summed E-state index contributed by atoms with van der Waals surface area (Å²) in [6, 6.07) is 10.9. The van der Waals surface area contributed by atoms with E-state index in [-0.39, 0.29) is 11.0 Å². The van der Waals surface area contributed by atoms with Crippen molar-refractivity contribution >= 4 is 21.4 Å². The summed E-state index contributed by atoms with van der Waals surface area (Å²) in [7, 11) is -2.26. The molecule has 0 aliphatic carbocycles. The molecule has 0 bridgehead atoms. The Balaban J connectivity index is 1.67. The number of hydrogen-bond donors (Lipinski definition) is 1. The zero-order valence-electron chi connectivity index (χ0n) is 14.9. The summed E-state index contributed by atoms with van der Waals surface area (Å²) in [6.45, 7) is 1.63. The van der Waals surface area contributed by atoms with Gasteiger partial charge in [0.05, 0.1) is 11.0 Å². The third kappa shape index (κ3) is 5.08. The molecule has 0 radical (unpaired) electrons. The van der Waals surface area contributed by atoms with Crippen LogP contribution in [-0.4, -0.2) is 41.1 Å². The quantitative estimate of drug-likeness (QED) is 0.779. The van der Waals surface area contributed by atoms with Gasteiger partial charge in [-0.1, -0.05) is 0 Å². The molecule has 0 spiro atoms. The maximum Gasteiger partial charge on any atom is 0.573 e. The van der Waals surface area contributed by atoms with Gasteiger partial charge in [0, 0.05) is 31.6 Å². The fourth-order valence-corrected chi connectivity index (χ4v) is 3.99. The summed E-state index contributed by atoms with van der Waals surface area (Å²) >= 11 is 0. The number of nitrogens with one attached hydrogen (secondary N) is 1. The second-order valence-electron chi connectivity index (χ2n) is 6.26. The van der Waals surface area contributed by atoms with Crippen molar-refractivity contribution in [1.29, 1.82) is 0 Å². The highest BCUT2D eigenvalue weighted by Gasteiger charge is 2.31. The van der Waals surface area contributed by atoms with Gasteiger partial charge in [-0.05, 0) is 55.0 Å². The normalized spacial score (nSPS) is 17.6. The molecule has 0 amide bonds. The van der Waals surface area contributed by atoms with Gasteiger partial charge < -0.3 is 14.4 Å². The van der Waals surface area contributed by atoms with Crippen LogP contribution < -0.4 is 14.4 Å². The molecule has 28 heavy (non-hydrogen) atoms. The van der Waals surface area contributed by atoms with Gasteiger partial charge in [0.2, 0.25) is 0 Å². The number of sulfonamides is 1. The van der Waals surface area contributed by atoms with Crippen LogP contribution in [0.5, 0.6) is 5.75 Å². The maximum atomic E-state index is 12.4. The Kier molecular flexibility index (Phi) is 5.71. The average Bonchev–Trinajstić information content (AvgIpc) is 3.10. The van der Waals surface area contributed by atoms with Crippen LogP contribution >= 0.6 is 0 Å². The molecule has 1 heterocycles. The van der Waals surface area contributed by atoms with Crippen molar-refractivity contribution < 1.29 is 31.1 Å². The minimum Gasteiger partial charge on any atom is -0.406 e. The van der Waals surface area contributed by atoms with Crippen molar-refractivity contribution in [3.63, 3.8) is 0 Å². The zero-order valence-corrected chi connectivity index (χ0v) is 15.8. The van der Waals surface area contributed by atoms with Crippen molar-refractivity contribution in [3.05, 3.63) is 48.5 Å². The minimum absolute atomic E-state index is 0.173. The molecular formula is C18H19F3N2O4S. The smallest absolute Gasteiger partial charge is 0.406 e. The summed E-state index contributed by atoms with van der Waals surface area (Å²) in [4.78, 5) is 1.97. The summed E-state index contributed by atoms with van der Waals surface area (Å²) < 4.78 is 72.9. The van der Waals surface area contributed by atoms with Crippen molar-refractivity contribution in [1.82, 2.24) is 0 Å². The monoisotopic (exact) mass is 416 g/mol. The number of rotatable bonds is 6. The largest absolute Gasteiger partial charge is 0.573 e. The first kappa shape index (κ1) is 20.3.